The Hall–Kier alpha value is -1.55. The number of aryl methyl sites for hydroxylation is 3. The van der Waals surface area contributed by atoms with Crippen molar-refractivity contribution in [3.63, 3.8) is 0 Å². The van der Waals surface area contributed by atoms with Gasteiger partial charge in [-0.3, -0.25) is 0 Å². The Bertz CT molecular complexity index is 571. The minimum absolute atomic E-state index is 0.660. The molecule has 0 radical (unpaired) electrons. The van der Waals surface area contributed by atoms with E-state index in [1.54, 1.807) is 6.20 Å². The predicted molar refractivity (Wildman–Crippen MR) is 80.3 cm³/mol. The largest absolute Gasteiger partial charge is 0.396 e. The van der Waals surface area contributed by atoms with E-state index >= 15 is 0 Å². The average molecular weight is 306 g/mol. The molecule has 0 atom stereocenters. The first-order valence-corrected chi connectivity index (χ1v) is 6.52. The van der Waals surface area contributed by atoms with Crippen molar-refractivity contribution in [2.45, 2.75) is 20.8 Å². The summed E-state index contributed by atoms with van der Waals surface area (Å²) in [6.45, 7) is 6.10. The van der Waals surface area contributed by atoms with Crippen molar-refractivity contribution >= 4 is 33.1 Å². The van der Waals surface area contributed by atoms with Gasteiger partial charge in [-0.2, -0.15) is 0 Å². The van der Waals surface area contributed by atoms with Gasteiger partial charge in [0, 0.05) is 16.4 Å². The fraction of sp³-hybridized carbons (Fsp3) is 0.214. The number of halogens is 1. The molecule has 0 bridgehead atoms. The highest BCUT2D eigenvalue weighted by molar-refractivity contribution is 9.10. The number of aromatic nitrogens is 1. The topological polar surface area (TPSA) is 50.9 Å². The van der Waals surface area contributed by atoms with Gasteiger partial charge >= 0.3 is 0 Å². The van der Waals surface area contributed by atoms with E-state index in [-0.39, 0.29) is 0 Å². The first kappa shape index (κ1) is 12.9. The minimum Gasteiger partial charge on any atom is -0.396 e. The van der Waals surface area contributed by atoms with Gasteiger partial charge in [0.25, 0.3) is 0 Å². The molecule has 3 N–H and O–H groups in total. The zero-order valence-corrected chi connectivity index (χ0v) is 12.3. The lowest BCUT2D eigenvalue weighted by atomic mass is 10.1. The summed E-state index contributed by atoms with van der Waals surface area (Å²) >= 11 is 3.55. The maximum absolute atomic E-state index is 5.94. The lowest BCUT2D eigenvalue weighted by Crippen LogP contribution is -2.00. The van der Waals surface area contributed by atoms with Crippen LogP contribution in [-0.4, -0.2) is 4.98 Å². The van der Waals surface area contributed by atoms with Crippen molar-refractivity contribution in [2.75, 3.05) is 11.1 Å². The molecule has 0 saturated heterocycles. The van der Waals surface area contributed by atoms with E-state index in [1.807, 2.05) is 13.0 Å². The van der Waals surface area contributed by atoms with Crippen LogP contribution in [0.4, 0.5) is 17.2 Å². The SMILES string of the molecule is Cc1cnc(Nc2cc(C)c(Br)c(C)c2)c(N)c1. The molecule has 94 valence electrons. The van der Waals surface area contributed by atoms with E-state index in [4.69, 9.17) is 5.73 Å². The van der Waals surface area contributed by atoms with E-state index in [1.165, 1.54) is 11.1 Å². The molecule has 0 saturated carbocycles. The van der Waals surface area contributed by atoms with Gasteiger partial charge in [0.15, 0.2) is 5.82 Å². The van der Waals surface area contributed by atoms with Crippen LogP contribution in [0.15, 0.2) is 28.9 Å². The van der Waals surface area contributed by atoms with Crippen molar-refractivity contribution in [3.05, 3.63) is 45.6 Å². The van der Waals surface area contributed by atoms with Crippen LogP contribution in [0.2, 0.25) is 0 Å². The van der Waals surface area contributed by atoms with Crippen LogP contribution in [0.25, 0.3) is 0 Å². The zero-order valence-electron chi connectivity index (χ0n) is 10.7. The number of rotatable bonds is 2. The van der Waals surface area contributed by atoms with Gasteiger partial charge in [0.1, 0.15) is 0 Å². The van der Waals surface area contributed by atoms with Crippen LogP contribution in [0, 0.1) is 20.8 Å². The third-order valence-corrected chi connectivity index (χ3v) is 4.00. The summed E-state index contributed by atoms with van der Waals surface area (Å²) in [5.41, 5.74) is 11.0. The Labute approximate surface area is 116 Å². The molecule has 3 nitrogen and oxygen atoms in total. The van der Waals surface area contributed by atoms with Crippen molar-refractivity contribution < 1.29 is 0 Å². The second-order valence-electron chi connectivity index (χ2n) is 4.50. The predicted octanol–water partition coefficient (Wildman–Crippen LogP) is 4.10. The van der Waals surface area contributed by atoms with Gasteiger partial charge in [-0.25, -0.2) is 4.98 Å². The average Bonchev–Trinajstić information content (AvgIpc) is 2.29. The molecule has 2 aromatic rings. The number of nitrogens with one attached hydrogen (secondary N) is 1. The van der Waals surface area contributed by atoms with Gasteiger partial charge < -0.3 is 11.1 Å². The van der Waals surface area contributed by atoms with Gasteiger partial charge in [-0.05, 0) is 55.7 Å². The van der Waals surface area contributed by atoms with Gasteiger partial charge in [-0.15, -0.1) is 0 Å². The Morgan fingerprint density at radius 1 is 1.11 bits per heavy atom. The number of pyridine rings is 1. The van der Waals surface area contributed by atoms with Gasteiger partial charge in [0.05, 0.1) is 5.69 Å². The highest BCUT2D eigenvalue weighted by Crippen LogP contribution is 2.28. The third-order valence-electron chi connectivity index (χ3n) is 2.75. The third kappa shape index (κ3) is 2.64. The molecule has 2 rings (SSSR count). The number of anilines is 3. The molecular weight excluding hydrogens is 290 g/mol. The van der Waals surface area contributed by atoms with Crippen LogP contribution >= 0.6 is 15.9 Å². The second-order valence-corrected chi connectivity index (χ2v) is 5.29. The van der Waals surface area contributed by atoms with Crippen LogP contribution in [-0.2, 0) is 0 Å². The molecule has 1 aromatic carbocycles. The van der Waals surface area contributed by atoms with Crippen molar-refractivity contribution in [2.24, 2.45) is 0 Å². The molecule has 0 fully saturated rings. The number of nitrogens with zero attached hydrogens (tertiary/aromatic N) is 1. The Morgan fingerprint density at radius 3 is 2.28 bits per heavy atom. The first-order chi connectivity index (χ1) is 8.47. The number of benzene rings is 1. The number of nitrogen functional groups attached to an aromatic ring is 1. The number of nitrogens with two attached hydrogens (primary N) is 1. The quantitative estimate of drug-likeness (QED) is 0.878. The smallest absolute Gasteiger partial charge is 0.153 e. The summed E-state index contributed by atoms with van der Waals surface area (Å²) in [6, 6.07) is 6.05. The minimum atomic E-state index is 0.660. The van der Waals surface area contributed by atoms with E-state index in [0.717, 1.165) is 15.7 Å². The van der Waals surface area contributed by atoms with Gasteiger partial charge in [0.2, 0.25) is 0 Å². The molecule has 1 heterocycles. The van der Waals surface area contributed by atoms with Crippen molar-refractivity contribution in [3.8, 4) is 0 Å². The number of hydrogen-bond acceptors (Lipinski definition) is 3. The fourth-order valence-electron chi connectivity index (χ4n) is 1.85. The molecule has 0 aliphatic rings. The fourth-order valence-corrected chi connectivity index (χ4v) is 2.08. The lowest BCUT2D eigenvalue weighted by molar-refractivity contribution is 1.25. The monoisotopic (exact) mass is 305 g/mol. The summed E-state index contributed by atoms with van der Waals surface area (Å²) in [5, 5.41) is 3.25. The van der Waals surface area contributed by atoms with Crippen LogP contribution in [0.3, 0.4) is 0 Å². The molecule has 0 aliphatic carbocycles. The molecule has 0 unspecified atom stereocenters. The van der Waals surface area contributed by atoms with E-state index in [0.29, 0.717) is 11.5 Å². The highest BCUT2D eigenvalue weighted by Gasteiger charge is 2.05. The summed E-state index contributed by atoms with van der Waals surface area (Å²) in [5.74, 6) is 0.696. The summed E-state index contributed by atoms with van der Waals surface area (Å²) in [4.78, 5) is 4.31. The number of hydrogen-bond donors (Lipinski definition) is 2. The summed E-state index contributed by atoms with van der Waals surface area (Å²) in [6.07, 6.45) is 1.80. The second kappa shape index (κ2) is 4.98. The molecule has 1 aromatic heterocycles. The summed E-state index contributed by atoms with van der Waals surface area (Å²) < 4.78 is 1.14. The van der Waals surface area contributed by atoms with Crippen LogP contribution in [0.1, 0.15) is 16.7 Å². The zero-order chi connectivity index (χ0) is 13.3. The summed E-state index contributed by atoms with van der Waals surface area (Å²) in [7, 11) is 0. The maximum atomic E-state index is 5.94. The molecular formula is C14H16BrN3. The van der Waals surface area contributed by atoms with E-state index in [9.17, 15) is 0 Å². The van der Waals surface area contributed by atoms with E-state index in [2.05, 4.69) is 52.2 Å². The van der Waals surface area contributed by atoms with Crippen molar-refractivity contribution in [1.82, 2.24) is 4.98 Å². The van der Waals surface area contributed by atoms with E-state index < -0.39 is 0 Å². The molecule has 4 heteroatoms. The Balaban J connectivity index is 2.34. The van der Waals surface area contributed by atoms with Crippen molar-refractivity contribution in [1.29, 1.82) is 0 Å². The first-order valence-electron chi connectivity index (χ1n) is 5.73. The molecule has 18 heavy (non-hydrogen) atoms. The maximum Gasteiger partial charge on any atom is 0.153 e. The van der Waals surface area contributed by atoms with Gasteiger partial charge in [-0.1, -0.05) is 15.9 Å². The van der Waals surface area contributed by atoms with Crippen LogP contribution in [0.5, 0.6) is 0 Å². The molecule has 0 aliphatic heterocycles. The molecule has 0 amide bonds. The van der Waals surface area contributed by atoms with Crippen LogP contribution < -0.4 is 11.1 Å². The standard InChI is InChI=1S/C14H16BrN3/c1-8-4-12(16)14(17-7-8)18-11-5-9(2)13(15)10(3)6-11/h4-7H,16H2,1-3H3,(H,17,18). The Kier molecular flexibility index (Phi) is 3.57. The molecule has 0 spiro atoms. The lowest BCUT2D eigenvalue weighted by Gasteiger charge is -2.11. The normalized spacial score (nSPS) is 10.4. The Morgan fingerprint density at radius 2 is 1.72 bits per heavy atom. The highest BCUT2D eigenvalue weighted by atomic mass is 79.9.